The van der Waals surface area contributed by atoms with Crippen molar-refractivity contribution in [3.8, 4) is 0 Å². The number of benzene rings is 1. The highest BCUT2D eigenvalue weighted by molar-refractivity contribution is 8.00. The predicted molar refractivity (Wildman–Crippen MR) is 87.2 cm³/mol. The number of halogens is 1. The molecule has 1 fully saturated rings. The van der Waals surface area contributed by atoms with Crippen LogP contribution in [0.4, 0.5) is 0 Å². The first kappa shape index (κ1) is 15.2. The molecule has 0 amide bonds. The van der Waals surface area contributed by atoms with Crippen LogP contribution in [0.15, 0.2) is 24.3 Å². The van der Waals surface area contributed by atoms with Gasteiger partial charge in [-0.1, -0.05) is 43.5 Å². The molecule has 0 heterocycles. The number of hydrogen-bond donors (Lipinski definition) is 1. The second kappa shape index (κ2) is 7.01. The summed E-state index contributed by atoms with van der Waals surface area (Å²) >= 11 is 8.01. The monoisotopic (exact) mass is 297 g/mol. The molecule has 1 aliphatic carbocycles. The third kappa shape index (κ3) is 3.90. The molecule has 1 aliphatic rings. The molecule has 1 unspecified atom stereocenters. The van der Waals surface area contributed by atoms with Gasteiger partial charge in [0, 0.05) is 22.4 Å². The van der Waals surface area contributed by atoms with E-state index in [0.29, 0.717) is 10.8 Å². The average Bonchev–Trinajstić information content (AvgIpc) is 2.38. The molecule has 1 aromatic carbocycles. The Morgan fingerprint density at radius 2 is 2.00 bits per heavy atom. The van der Waals surface area contributed by atoms with E-state index in [1.807, 2.05) is 23.9 Å². The first-order valence-corrected chi connectivity index (χ1v) is 8.83. The predicted octanol–water partition coefficient (Wildman–Crippen LogP) is 5.06. The van der Waals surface area contributed by atoms with Crippen molar-refractivity contribution < 1.29 is 0 Å². The first-order valence-electron chi connectivity index (χ1n) is 7.23. The third-order valence-electron chi connectivity index (χ3n) is 4.22. The Morgan fingerprint density at radius 1 is 1.32 bits per heavy atom. The van der Waals surface area contributed by atoms with Crippen molar-refractivity contribution in [3.05, 3.63) is 34.9 Å². The van der Waals surface area contributed by atoms with Crippen molar-refractivity contribution in [1.82, 2.24) is 5.32 Å². The van der Waals surface area contributed by atoms with E-state index in [4.69, 9.17) is 11.6 Å². The molecule has 3 heteroatoms. The van der Waals surface area contributed by atoms with Crippen LogP contribution in [0.25, 0.3) is 0 Å². The highest BCUT2D eigenvalue weighted by atomic mass is 35.5. The molecule has 1 N–H and O–H groups in total. The summed E-state index contributed by atoms with van der Waals surface area (Å²) in [6, 6.07) is 8.76. The van der Waals surface area contributed by atoms with Gasteiger partial charge in [0.05, 0.1) is 0 Å². The fraction of sp³-hybridized carbons (Fsp3) is 0.625. The Balaban J connectivity index is 1.97. The summed E-state index contributed by atoms with van der Waals surface area (Å²) in [7, 11) is 0. The lowest BCUT2D eigenvalue weighted by Gasteiger charge is -2.41. The Kier molecular flexibility index (Phi) is 5.61. The largest absolute Gasteiger partial charge is 0.309 e. The van der Waals surface area contributed by atoms with Gasteiger partial charge >= 0.3 is 0 Å². The van der Waals surface area contributed by atoms with Gasteiger partial charge in [-0.3, -0.25) is 0 Å². The minimum Gasteiger partial charge on any atom is -0.309 e. The summed E-state index contributed by atoms with van der Waals surface area (Å²) in [5, 5.41) is 4.60. The van der Waals surface area contributed by atoms with E-state index in [2.05, 4.69) is 30.6 Å². The van der Waals surface area contributed by atoms with Gasteiger partial charge in [-0.2, -0.15) is 11.8 Å². The van der Waals surface area contributed by atoms with Crippen LogP contribution in [0, 0.1) is 0 Å². The molecule has 1 nitrogen and oxygen atoms in total. The Bertz CT molecular complexity index is 381. The van der Waals surface area contributed by atoms with Gasteiger partial charge in [0.25, 0.3) is 0 Å². The summed E-state index contributed by atoms with van der Waals surface area (Å²) in [6.45, 7) is 3.37. The summed E-state index contributed by atoms with van der Waals surface area (Å²) < 4.78 is 0.498. The van der Waals surface area contributed by atoms with Gasteiger partial charge in [0.15, 0.2) is 0 Å². The van der Waals surface area contributed by atoms with Crippen molar-refractivity contribution in [2.45, 2.75) is 49.8 Å². The maximum Gasteiger partial charge on any atom is 0.0406 e. The van der Waals surface area contributed by atoms with E-state index in [-0.39, 0.29) is 0 Å². The molecular weight excluding hydrogens is 274 g/mol. The number of rotatable bonds is 7. The van der Waals surface area contributed by atoms with E-state index >= 15 is 0 Å². The highest BCUT2D eigenvalue weighted by Crippen LogP contribution is 2.42. The molecule has 1 atom stereocenters. The Hall–Kier alpha value is -0.180. The summed E-state index contributed by atoms with van der Waals surface area (Å²) in [5.74, 6) is 0. The quantitative estimate of drug-likeness (QED) is 0.755. The van der Waals surface area contributed by atoms with Crippen molar-refractivity contribution >= 4 is 23.4 Å². The van der Waals surface area contributed by atoms with Gasteiger partial charge in [-0.25, -0.2) is 0 Å². The Morgan fingerprint density at radius 3 is 2.47 bits per heavy atom. The van der Waals surface area contributed by atoms with E-state index in [1.54, 1.807) is 0 Å². The fourth-order valence-corrected chi connectivity index (χ4v) is 3.75. The van der Waals surface area contributed by atoms with E-state index in [0.717, 1.165) is 11.6 Å². The van der Waals surface area contributed by atoms with Crippen LogP contribution in [0.3, 0.4) is 0 Å². The van der Waals surface area contributed by atoms with Crippen LogP contribution >= 0.6 is 23.4 Å². The van der Waals surface area contributed by atoms with Crippen molar-refractivity contribution in [2.24, 2.45) is 0 Å². The maximum absolute atomic E-state index is 5.97. The van der Waals surface area contributed by atoms with Gasteiger partial charge < -0.3 is 5.32 Å². The zero-order valence-electron chi connectivity index (χ0n) is 11.9. The number of hydrogen-bond acceptors (Lipinski definition) is 2. The van der Waals surface area contributed by atoms with Crippen LogP contribution in [-0.2, 0) is 0 Å². The minimum atomic E-state index is 0.465. The summed E-state index contributed by atoms with van der Waals surface area (Å²) in [6.07, 6.45) is 8.75. The maximum atomic E-state index is 5.97. The van der Waals surface area contributed by atoms with Crippen LogP contribution in [0.2, 0.25) is 5.02 Å². The SMILES string of the molecule is CCCC(NCC1(SC)CCC1)c1ccc(Cl)cc1. The molecule has 1 aromatic rings. The molecule has 0 saturated heterocycles. The molecule has 1 saturated carbocycles. The molecule has 0 aromatic heterocycles. The lowest BCUT2D eigenvalue weighted by Crippen LogP contribution is -2.44. The second-order valence-electron chi connectivity index (χ2n) is 5.51. The molecule has 0 radical (unpaired) electrons. The van der Waals surface area contributed by atoms with E-state index in [1.165, 1.54) is 37.7 Å². The minimum absolute atomic E-state index is 0.465. The standard InChI is InChI=1S/C16H24ClNS/c1-3-5-15(13-6-8-14(17)9-7-13)18-12-16(19-2)10-4-11-16/h6-9,15,18H,3-5,10-12H2,1-2H3. The van der Waals surface area contributed by atoms with Crippen LogP contribution in [-0.4, -0.2) is 17.5 Å². The van der Waals surface area contributed by atoms with E-state index < -0.39 is 0 Å². The molecule has 0 bridgehead atoms. The van der Waals surface area contributed by atoms with Gasteiger partial charge in [0.2, 0.25) is 0 Å². The number of nitrogens with one attached hydrogen (secondary N) is 1. The zero-order chi connectivity index (χ0) is 13.7. The third-order valence-corrected chi connectivity index (χ3v) is 5.89. The summed E-state index contributed by atoms with van der Waals surface area (Å²) in [5.41, 5.74) is 1.36. The normalized spacial score (nSPS) is 18.9. The van der Waals surface area contributed by atoms with Crippen LogP contribution in [0.5, 0.6) is 0 Å². The van der Waals surface area contributed by atoms with Gasteiger partial charge in [0.1, 0.15) is 0 Å². The summed E-state index contributed by atoms with van der Waals surface area (Å²) in [4.78, 5) is 0. The molecule has 19 heavy (non-hydrogen) atoms. The lowest BCUT2D eigenvalue weighted by molar-refractivity contribution is 0.325. The highest BCUT2D eigenvalue weighted by Gasteiger charge is 2.36. The smallest absolute Gasteiger partial charge is 0.0406 e. The lowest BCUT2D eigenvalue weighted by atomic mass is 9.83. The molecule has 0 aliphatic heterocycles. The van der Waals surface area contributed by atoms with Crippen LogP contribution in [0.1, 0.15) is 50.6 Å². The molecule has 106 valence electrons. The number of thioether (sulfide) groups is 1. The van der Waals surface area contributed by atoms with Gasteiger partial charge in [-0.15, -0.1) is 0 Å². The first-order chi connectivity index (χ1) is 9.19. The molecular formula is C16H24ClNS. The van der Waals surface area contributed by atoms with Crippen molar-refractivity contribution in [1.29, 1.82) is 0 Å². The average molecular weight is 298 g/mol. The topological polar surface area (TPSA) is 12.0 Å². The van der Waals surface area contributed by atoms with Crippen LogP contribution < -0.4 is 5.32 Å². The Labute approximate surface area is 126 Å². The van der Waals surface area contributed by atoms with Crippen molar-refractivity contribution in [3.63, 3.8) is 0 Å². The molecule has 0 spiro atoms. The fourth-order valence-electron chi connectivity index (χ4n) is 2.70. The zero-order valence-corrected chi connectivity index (χ0v) is 13.5. The van der Waals surface area contributed by atoms with E-state index in [9.17, 15) is 0 Å². The second-order valence-corrected chi connectivity index (χ2v) is 7.23. The van der Waals surface area contributed by atoms with Crippen molar-refractivity contribution in [2.75, 3.05) is 12.8 Å². The molecule has 2 rings (SSSR count). The van der Waals surface area contributed by atoms with Gasteiger partial charge in [-0.05, 0) is 43.2 Å².